The summed E-state index contributed by atoms with van der Waals surface area (Å²) < 4.78 is 0.361. The van der Waals surface area contributed by atoms with E-state index >= 15 is 0 Å². The van der Waals surface area contributed by atoms with Crippen molar-refractivity contribution in [2.45, 2.75) is 13.0 Å². The number of nitrogens with two attached hydrogens (primary N) is 1. The molecular weight excluding hydrogens is 250 g/mol. The van der Waals surface area contributed by atoms with Crippen LogP contribution in [0.1, 0.15) is 6.92 Å². The molecule has 0 aromatic carbocycles. The number of nitrogens with one attached hydrogen (secondary N) is 2. The summed E-state index contributed by atoms with van der Waals surface area (Å²) in [6, 6.07) is -0.645. The van der Waals surface area contributed by atoms with Crippen molar-refractivity contribution in [2.75, 3.05) is 5.32 Å². The second-order valence-corrected chi connectivity index (χ2v) is 3.68. The smallest absolute Gasteiger partial charge is 0.241 e. The van der Waals surface area contributed by atoms with Crippen LogP contribution in [0, 0.1) is 0 Å². The first-order chi connectivity index (χ1) is 6.52. The van der Waals surface area contributed by atoms with Crippen LogP contribution < -0.4 is 16.5 Å². The number of aromatic amines is 1. The molecule has 0 saturated carbocycles. The summed E-state index contributed by atoms with van der Waals surface area (Å²) in [6.45, 7) is 1.54. The Balaban J connectivity index is 2.93. The Kier molecular flexibility index (Phi) is 3.43. The molecule has 0 bridgehead atoms. The number of H-pyrrole nitrogens is 1. The lowest BCUT2D eigenvalue weighted by molar-refractivity contribution is -0.117. The van der Waals surface area contributed by atoms with E-state index in [1.165, 1.54) is 12.4 Å². The minimum absolute atomic E-state index is 0.182. The van der Waals surface area contributed by atoms with Gasteiger partial charge in [-0.25, -0.2) is 0 Å². The van der Waals surface area contributed by atoms with Crippen LogP contribution in [0.25, 0.3) is 0 Å². The van der Waals surface area contributed by atoms with Crippen molar-refractivity contribution in [3.63, 3.8) is 0 Å². The Morgan fingerprint density at radius 1 is 1.64 bits per heavy atom. The van der Waals surface area contributed by atoms with Crippen molar-refractivity contribution in [3.05, 3.63) is 27.1 Å². The Labute approximate surface area is 88.8 Å². The quantitative estimate of drug-likeness (QED) is 0.720. The van der Waals surface area contributed by atoms with E-state index in [0.29, 0.717) is 4.47 Å². The Morgan fingerprint density at radius 2 is 2.29 bits per heavy atom. The Bertz CT molecular complexity index is 400. The van der Waals surface area contributed by atoms with Crippen LogP contribution in [0.15, 0.2) is 21.7 Å². The average molecular weight is 260 g/mol. The van der Waals surface area contributed by atoms with Crippen molar-refractivity contribution in [2.24, 2.45) is 5.73 Å². The monoisotopic (exact) mass is 259 g/mol. The molecule has 5 nitrogen and oxygen atoms in total. The largest absolute Gasteiger partial charge is 0.365 e. The van der Waals surface area contributed by atoms with E-state index in [2.05, 4.69) is 26.2 Å². The summed E-state index contributed by atoms with van der Waals surface area (Å²) in [5.41, 5.74) is 5.24. The molecule has 1 heterocycles. The summed E-state index contributed by atoms with van der Waals surface area (Å²) in [5, 5.41) is 2.41. The van der Waals surface area contributed by atoms with Gasteiger partial charge in [-0.3, -0.25) is 9.59 Å². The van der Waals surface area contributed by atoms with Crippen LogP contribution in [0.3, 0.4) is 0 Å². The predicted octanol–water partition coefficient (Wildman–Crippen LogP) is 0.423. The standard InChI is InChI=1S/C8H10BrN3O2/c1-4(10)8(14)12-6-3-11-2-5(9)7(6)13/h2-4H,10H2,1H3,(H,11,13)(H,12,14). The lowest BCUT2D eigenvalue weighted by atomic mass is 10.3. The van der Waals surface area contributed by atoms with Gasteiger partial charge >= 0.3 is 0 Å². The van der Waals surface area contributed by atoms with E-state index in [1.54, 1.807) is 6.92 Å². The van der Waals surface area contributed by atoms with E-state index < -0.39 is 11.9 Å². The number of amides is 1. The van der Waals surface area contributed by atoms with E-state index in [-0.39, 0.29) is 11.1 Å². The van der Waals surface area contributed by atoms with Gasteiger partial charge in [0.05, 0.1) is 10.5 Å². The summed E-state index contributed by atoms with van der Waals surface area (Å²) >= 11 is 3.05. The Morgan fingerprint density at radius 3 is 2.86 bits per heavy atom. The molecule has 1 amide bonds. The van der Waals surface area contributed by atoms with Gasteiger partial charge in [0, 0.05) is 12.4 Å². The molecule has 1 aromatic heterocycles. The van der Waals surface area contributed by atoms with Crippen LogP contribution in [0.2, 0.25) is 0 Å². The lowest BCUT2D eigenvalue weighted by Gasteiger charge is -2.06. The SMILES string of the molecule is CC(N)C(=O)Nc1c[nH]cc(Br)c1=O. The summed E-state index contributed by atoms with van der Waals surface area (Å²) in [4.78, 5) is 25.3. The molecule has 76 valence electrons. The summed E-state index contributed by atoms with van der Waals surface area (Å²) in [6.07, 6.45) is 2.90. The minimum atomic E-state index is -0.645. The molecule has 1 rings (SSSR count). The maximum atomic E-state index is 11.4. The highest BCUT2D eigenvalue weighted by Crippen LogP contribution is 2.05. The van der Waals surface area contributed by atoms with Crippen molar-refractivity contribution >= 4 is 27.5 Å². The van der Waals surface area contributed by atoms with Gasteiger partial charge in [0.2, 0.25) is 11.3 Å². The maximum absolute atomic E-state index is 11.4. The molecule has 0 saturated heterocycles. The van der Waals surface area contributed by atoms with Crippen LogP contribution in [-0.4, -0.2) is 16.9 Å². The van der Waals surface area contributed by atoms with Gasteiger partial charge < -0.3 is 16.0 Å². The van der Waals surface area contributed by atoms with E-state index in [9.17, 15) is 9.59 Å². The molecule has 0 spiro atoms. The molecule has 4 N–H and O–H groups in total. The fraction of sp³-hybridized carbons (Fsp3) is 0.250. The number of anilines is 1. The van der Waals surface area contributed by atoms with Crippen molar-refractivity contribution < 1.29 is 4.79 Å². The highest BCUT2D eigenvalue weighted by atomic mass is 79.9. The van der Waals surface area contributed by atoms with Gasteiger partial charge in [-0.2, -0.15) is 0 Å². The molecule has 1 aromatic rings. The number of carbonyl (C=O) groups excluding carboxylic acids is 1. The van der Waals surface area contributed by atoms with Crippen LogP contribution in [0.5, 0.6) is 0 Å². The fourth-order valence-electron chi connectivity index (χ4n) is 0.797. The second kappa shape index (κ2) is 4.39. The second-order valence-electron chi connectivity index (χ2n) is 2.82. The molecule has 0 aliphatic rings. The zero-order valence-corrected chi connectivity index (χ0v) is 9.09. The van der Waals surface area contributed by atoms with Gasteiger partial charge in [0.15, 0.2) is 0 Å². The van der Waals surface area contributed by atoms with E-state index in [4.69, 9.17) is 5.73 Å². The van der Waals surface area contributed by atoms with Gasteiger partial charge in [0.1, 0.15) is 5.69 Å². The number of hydrogen-bond donors (Lipinski definition) is 3. The van der Waals surface area contributed by atoms with Crippen LogP contribution in [0.4, 0.5) is 5.69 Å². The number of pyridine rings is 1. The molecule has 0 radical (unpaired) electrons. The van der Waals surface area contributed by atoms with Gasteiger partial charge in [-0.15, -0.1) is 0 Å². The molecule has 14 heavy (non-hydrogen) atoms. The summed E-state index contributed by atoms with van der Waals surface area (Å²) in [7, 11) is 0. The highest BCUT2D eigenvalue weighted by molar-refractivity contribution is 9.10. The zero-order chi connectivity index (χ0) is 10.7. The lowest BCUT2D eigenvalue weighted by Crippen LogP contribution is -2.34. The Hall–Kier alpha value is -1.14. The first-order valence-electron chi connectivity index (χ1n) is 3.95. The average Bonchev–Trinajstić information content (AvgIpc) is 2.12. The molecule has 6 heteroatoms. The van der Waals surface area contributed by atoms with Crippen molar-refractivity contribution in [3.8, 4) is 0 Å². The fourth-order valence-corrected chi connectivity index (χ4v) is 1.14. The van der Waals surface area contributed by atoms with Crippen molar-refractivity contribution in [1.29, 1.82) is 0 Å². The number of aromatic nitrogens is 1. The first kappa shape index (κ1) is 10.9. The third kappa shape index (κ3) is 2.43. The van der Waals surface area contributed by atoms with Crippen LogP contribution in [-0.2, 0) is 4.79 Å². The first-order valence-corrected chi connectivity index (χ1v) is 4.74. The number of hydrogen-bond acceptors (Lipinski definition) is 3. The summed E-state index contributed by atoms with van der Waals surface area (Å²) in [5.74, 6) is -0.395. The minimum Gasteiger partial charge on any atom is -0.365 e. The predicted molar refractivity (Wildman–Crippen MR) is 57.0 cm³/mol. The van der Waals surface area contributed by atoms with Crippen molar-refractivity contribution in [1.82, 2.24) is 4.98 Å². The molecule has 0 aliphatic carbocycles. The third-order valence-corrected chi connectivity index (χ3v) is 2.16. The number of halogens is 1. The van der Waals surface area contributed by atoms with Gasteiger partial charge in [-0.05, 0) is 22.9 Å². The van der Waals surface area contributed by atoms with E-state index in [1.807, 2.05) is 0 Å². The third-order valence-electron chi connectivity index (χ3n) is 1.57. The van der Waals surface area contributed by atoms with E-state index in [0.717, 1.165) is 0 Å². The number of carbonyl (C=O) groups is 1. The van der Waals surface area contributed by atoms with Crippen LogP contribution >= 0.6 is 15.9 Å². The highest BCUT2D eigenvalue weighted by Gasteiger charge is 2.10. The molecular formula is C8H10BrN3O2. The molecule has 1 unspecified atom stereocenters. The topological polar surface area (TPSA) is 88.0 Å². The normalized spacial score (nSPS) is 12.2. The molecule has 0 aliphatic heterocycles. The van der Waals surface area contributed by atoms with Gasteiger partial charge in [-0.1, -0.05) is 0 Å². The van der Waals surface area contributed by atoms with Gasteiger partial charge in [0.25, 0.3) is 0 Å². The zero-order valence-electron chi connectivity index (χ0n) is 7.50. The molecule has 0 fully saturated rings. The maximum Gasteiger partial charge on any atom is 0.241 e. The molecule has 1 atom stereocenters. The number of rotatable bonds is 2.